The van der Waals surface area contributed by atoms with Gasteiger partial charge in [0, 0.05) is 19.0 Å². The number of pyridine rings is 1. The molecule has 108 valence electrons. The maximum atomic E-state index is 11.9. The van der Waals surface area contributed by atoms with E-state index in [0.29, 0.717) is 0 Å². The van der Waals surface area contributed by atoms with E-state index in [1.807, 2.05) is 12.1 Å². The van der Waals surface area contributed by atoms with Gasteiger partial charge in [-0.15, -0.1) is 0 Å². The Morgan fingerprint density at radius 3 is 2.40 bits per heavy atom. The van der Waals surface area contributed by atoms with E-state index in [0.717, 1.165) is 37.4 Å². The fraction of sp³-hybridized carbons (Fsp3) is 0.625. The summed E-state index contributed by atoms with van der Waals surface area (Å²) in [6, 6.07) is 4.01. The van der Waals surface area contributed by atoms with Crippen LogP contribution in [0.1, 0.15) is 44.9 Å². The van der Waals surface area contributed by atoms with Crippen molar-refractivity contribution in [2.45, 2.75) is 44.9 Å². The summed E-state index contributed by atoms with van der Waals surface area (Å²) >= 11 is 0. The molecule has 0 bridgehead atoms. The second kappa shape index (κ2) is 6.25. The van der Waals surface area contributed by atoms with E-state index >= 15 is 0 Å². The Hall–Kier alpha value is -1.58. The predicted octanol–water partition coefficient (Wildman–Crippen LogP) is 3.20. The zero-order chi connectivity index (χ0) is 13.8. The summed E-state index contributed by atoms with van der Waals surface area (Å²) in [6.07, 6.45) is 10.2. The van der Waals surface area contributed by atoms with Gasteiger partial charge < -0.3 is 10.2 Å². The molecule has 2 fully saturated rings. The van der Waals surface area contributed by atoms with Gasteiger partial charge in [-0.3, -0.25) is 4.79 Å². The van der Waals surface area contributed by atoms with Crippen LogP contribution in [0.2, 0.25) is 0 Å². The number of nitrogens with one attached hydrogen (secondary N) is 1. The number of nitrogens with zero attached hydrogens (tertiary/aromatic N) is 2. The van der Waals surface area contributed by atoms with Gasteiger partial charge >= 0.3 is 0 Å². The standard InChI is InChI=1S/C16H23N3O/c20-16(13-6-5-7-13)18-14-8-9-15(17-12-14)19-10-3-1-2-4-11-19/h8-9,12-13H,1-7,10-11H2,(H,18,20). The molecule has 0 atom stereocenters. The highest BCUT2D eigenvalue weighted by molar-refractivity contribution is 5.92. The number of amides is 1. The van der Waals surface area contributed by atoms with Crippen molar-refractivity contribution in [3.8, 4) is 0 Å². The molecule has 1 aliphatic heterocycles. The Kier molecular flexibility index (Phi) is 4.19. The average molecular weight is 273 g/mol. The molecular weight excluding hydrogens is 250 g/mol. The highest BCUT2D eigenvalue weighted by Crippen LogP contribution is 2.27. The van der Waals surface area contributed by atoms with E-state index in [-0.39, 0.29) is 11.8 Å². The monoisotopic (exact) mass is 273 g/mol. The van der Waals surface area contributed by atoms with E-state index < -0.39 is 0 Å². The molecule has 0 unspecified atom stereocenters. The largest absolute Gasteiger partial charge is 0.357 e. The number of hydrogen-bond acceptors (Lipinski definition) is 3. The first-order chi connectivity index (χ1) is 9.83. The third-order valence-corrected chi connectivity index (χ3v) is 4.42. The maximum Gasteiger partial charge on any atom is 0.227 e. The summed E-state index contributed by atoms with van der Waals surface area (Å²) in [7, 11) is 0. The van der Waals surface area contributed by atoms with Crippen molar-refractivity contribution in [3.05, 3.63) is 18.3 Å². The van der Waals surface area contributed by atoms with Gasteiger partial charge in [0.25, 0.3) is 0 Å². The van der Waals surface area contributed by atoms with Gasteiger partial charge in [0.05, 0.1) is 11.9 Å². The highest BCUT2D eigenvalue weighted by atomic mass is 16.1. The lowest BCUT2D eigenvalue weighted by Crippen LogP contribution is -2.28. The van der Waals surface area contributed by atoms with Gasteiger partial charge in [0.15, 0.2) is 0 Å². The van der Waals surface area contributed by atoms with Crippen LogP contribution in [0.25, 0.3) is 0 Å². The predicted molar refractivity (Wildman–Crippen MR) is 80.9 cm³/mol. The summed E-state index contributed by atoms with van der Waals surface area (Å²) in [6.45, 7) is 2.20. The lowest BCUT2D eigenvalue weighted by atomic mass is 9.85. The first-order valence-electron chi connectivity index (χ1n) is 7.85. The van der Waals surface area contributed by atoms with Crippen LogP contribution in [0, 0.1) is 5.92 Å². The van der Waals surface area contributed by atoms with Crippen molar-refractivity contribution in [1.29, 1.82) is 0 Å². The highest BCUT2D eigenvalue weighted by Gasteiger charge is 2.25. The first kappa shape index (κ1) is 13.4. The second-order valence-corrected chi connectivity index (χ2v) is 5.92. The molecule has 0 spiro atoms. The number of hydrogen-bond donors (Lipinski definition) is 1. The SMILES string of the molecule is O=C(Nc1ccc(N2CCCCCC2)nc1)C1CCC1. The van der Waals surface area contributed by atoms with Crippen LogP contribution in [0.15, 0.2) is 18.3 Å². The summed E-state index contributed by atoms with van der Waals surface area (Å²) < 4.78 is 0. The molecule has 0 radical (unpaired) electrons. The van der Waals surface area contributed by atoms with Crippen molar-refractivity contribution in [2.24, 2.45) is 5.92 Å². The third kappa shape index (κ3) is 3.11. The molecule has 4 nitrogen and oxygen atoms in total. The topological polar surface area (TPSA) is 45.2 Å². The Morgan fingerprint density at radius 1 is 1.10 bits per heavy atom. The van der Waals surface area contributed by atoms with Crippen LogP contribution in [-0.4, -0.2) is 24.0 Å². The molecule has 1 aromatic heterocycles. The molecule has 1 amide bonds. The molecule has 1 saturated heterocycles. The van der Waals surface area contributed by atoms with E-state index in [2.05, 4.69) is 15.2 Å². The molecule has 1 saturated carbocycles. The van der Waals surface area contributed by atoms with Crippen LogP contribution in [0.3, 0.4) is 0 Å². The van der Waals surface area contributed by atoms with Crippen LogP contribution >= 0.6 is 0 Å². The van der Waals surface area contributed by atoms with E-state index in [4.69, 9.17) is 0 Å². The summed E-state index contributed by atoms with van der Waals surface area (Å²) in [4.78, 5) is 18.7. The minimum Gasteiger partial charge on any atom is -0.357 e. The number of anilines is 2. The number of rotatable bonds is 3. The van der Waals surface area contributed by atoms with Crippen molar-refractivity contribution >= 4 is 17.4 Å². The fourth-order valence-electron chi connectivity index (χ4n) is 2.86. The Labute approximate surface area is 120 Å². The van der Waals surface area contributed by atoms with Crippen molar-refractivity contribution in [3.63, 3.8) is 0 Å². The first-order valence-corrected chi connectivity index (χ1v) is 7.85. The van der Waals surface area contributed by atoms with Crippen LogP contribution in [0.4, 0.5) is 11.5 Å². The van der Waals surface area contributed by atoms with Crippen LogP contribution < -0.4 is 10.2 Å². The Bertz CT molecular complexity index is 445. The molecule has 1 aliphatic carbocycles. The van der Waals surface area contributed by atoms with E-state index in [9.17, 15) is 4.79 Å². The maximum absolute atomic E-state index is 11.9. The van der Waals surface area contributed by atoms with E-state index in [1.165, 1.54) is 32.1 Å². The van der Waals surface area contributed by atoms with Crippen molar-refractivity contribution < 1.29 is 4.79 Å². The van der Waals surface area contributed by atoms with Gasteiger partial charge in [-0.25, -0.2) is 4.98 Å². The summed E-state index contributed by atoms with van der Waals surface area (Å²) in [5.41, 5.74) is 0.820. The molecule has 0 aromatic carbocycles. The normalized spacial score (nSPS) is 20.1. The minimum atomic E-state index is 0.153. The molecule has 4 heteroatoms. The zero-order valence-corrected chi connectivity index (χ0v) is 12.0. The Balaban J connectivity index is 1.59. The number of carbonyl (C=O) groups excluding carboxylic acids is 1. The number of aromatic nitrogens is 1. The van der Waals surface area contributed by atoms with Crippen LogP contribution in [-0.2, 0) is 4.79 Å². The van der Waals surface area contributed by atoms with Gasteiger partial charge in [0.2, 0.25) is 5.91 Å². The zero-order valence-electron chi connectivity index (χ0n) is 12.0. The lowest BCUT2D eigenvalue weighted by Gasteiger charge is -2.24. The van der Waals surface area contributed by atoms with Crippen LogP contribution in [0.5, 0.6) is 0 Å². The van der Waals surface area contributed by atoms with Gasteiger partial charge in [-0.05, 0) is 37.8 Å². The molecule has 1 N–H and O–H groups in total. The average Bonchev–Trinajstić information content (AvgIpc) is 2.66. The Morgan fingerprint density at radius 2 is 1.85 bits per heavy atom. The van der Waals surface area contributed by atoms with E-state index in [1.54, 1.807) is 6.20 Å². The van der Waals surface area contributed by atoms with Gasteiger partial charge in [-0.1, -0.05) is 19.3 Å². The molecule has 1 aromatic rings. The smallest absolute Gasteiger partial charge is 0.227 e. The summed E-state index contributed by atoms with van der Waals surface area (Å²) in [5.74, 6) is 1.41. The van der Waals surface area contributed by atoms with Gasteiger partial charge in [0.1, 0.15) is 5.82 Å². The number of carbonyl (C=O) groups is 1. The second-order valence-electron chi connectivity index (χ2n) is 5.92. The van der Waals surface area contributed by atoms with Crippen molar-refractivity contribution in [2.75, 3.05) is 23.3 Å². The molecule has 3 rings (SSSR count). The summed E-state index contributed by atoms with van der Waals surface area (Å²) in [5, 5.41) is 2.97. The van der Waals surface area contributed by atoms with Gasteiger partial charge in [-0.2, -0.15) is 0 Å². The quantitative estimate of drug-likeness (QED) is 0.920. The third-order valence-electron chi connectivity index (χ3n) is 4.42. The lowest BCUT2D eigenvalue weighted by molar-refractivity contribution is -0.122. The molecule has 2 heterocycles. The van der Waals surface area contributed by atoms with Crippen molar-refractivity contribution in [1.82, 2.24) is 4.98 Å². The molecule has 2 aliphatic rings. The molecule has 20 heavy (non-hydrogen) atoms. The molecular formula is C16H23N3O. The fourth-order valence-corrected chi connectivity index (χ4v) is 2.86. The minimum absolute atomic E-state index is 0.153.